The predicted octanol–water partition coefficient (Wildman–Crippen LogP) is 1.58. The summed E-state index contributed by atoms with van der Waals surface area (Å²) in [6.45, 7) is 6.31. The average molecular weight is 217 g/mol. The molecule has 0 atom stereocenters. The molecule has 0 bridgehead atoms. The van der Waals surface area contributed by atoms with Gasteiger partial charge in [-0.2, -0.15) is 0 Å². The van der Waals surface area contributed by atoms with Gasteiger partial charge >= 0.3 is 0 Å². The van der Waals surface area contributed by atoms with Crippen LogP contribution in [-0.2, 0) is 32.7 Å². The van der Waals surface area contributed by atoms with E-state index in [4.69, 9.17) is 5.73 Å². The van der Waals surface area contributed by atoms with Crippen molar-refractivity contribution >= 4 is 0 Å². The van der Waals surface area contributed by atoms with Crippen LogP contribution in [0.2, 0.25) is 0 Å². The minimum atomic E-state index is 0. The summed E-state index contributed by atoms with van der Waals surface area (Å²) >= 11 is 0. The van der Waals surface area contributed by atoms with E-state index in [0.717, 1.165) is 13.1 Å². The first-order valence-corrected chi connectivity index (χ1v) is 3.15. The Labute approximate surface area is 89.4 Å². The minimum absolute atomic E-state index is 0. The molecular formula is C7H16N2Y-2. The van der Waals surface area contributed by atoms with Crippen LogP contribution < -0.4 is 0 Å². The largest absolute Gasteiger partial charge is 0.673 e. The van der Waals surface area contributed by atoms with E-state index in [2.05, 4.69) is 18.7 Å². The summed E-state index contributed by atoms with van der Waals surface area (Å²) < 4.78 is 0. The molecular weight excluding hydrogens is 201 g/mol. The molecule has 0 aromatic heterocycles. The summed E-state index contributed by atoms with van der Waals surface area (Å²) in [5.41, 5.74) is 7.20. The van der Waals surface area contributed by atoms with Gasteiger partial charge in [-0.1, -0.05) is 0 Å². The van der Waals surface area contributed by atoms with E-state index < -0.39 is 0 Å². The van der Waals surface area contributed by atoms with Gasteiger partial charge in [0.25, 0.3) is 0 Å². The fraction of sp³-hybridized carbons (Fsp3) is 0.857. The second-order valence-corrected chi connectivity index (χ2v) is 2.74. The van der Waals surface area contributed by atoms with Crippen molar-refractivity contribution < 1.29 is 32.7 Å². The molecule has 1 aliphatic heterocycles. The van der Waals surface area contributed by atoms with E-state index in [9.17, 15) is 0 Å². The maximum atomic E-state index is 7.20. The fourth-order valence-corrected chi connectivity index (χ4v) is 0.934. The second-order valence-electron chi connectivity index (χ2n) is 2.74. The fourth-order valence-electron chi connectivity index (χ4n) is 0.934. The van der Waals surface area contributed by atoms with Crippen molar-refractivity contribution in [1.29, 1.82) is 0 Å². The maximum Gasteiger partial charge on any atom is 0.00374 e. The molecule has 0 unspecified atom stereocenters. The van der Waals surface area contributed by atoms with Crippen LogP contribution in [-0.4, -0.2) is 30.1 Å². The Morgan fingerprint density at radius 1 is 1.40 bits per heavy atom. The number of nitrogens with one attached hydrogen (secondary N) is 1. The van der Waals surface area contributed by atoms with Gasteiger partial charge in [0.05, 0.1) is 0 Å². The Balaban J connectivity index is 0. The van der Waals surface area contributed by atoms with Crippen LogP contribution in [0, 0.1) is 7.43 Å². The number of rotatable bonds is 1. The molecule has 10 heavy (non-hydrogen) atoms. The van der Waals surface area contributed by atoms with Gasteiger partial charge in [-0.15, -0.1) is 6.04 Å². The molecule has 0 amide bonds. The van der Waals surface area contributed by atoms with Gasteiger partial charge in [0.1, 0.15) is 0 Å². The molecule has 0 aromatic carbocycles. The Bertz CT molecular complexity index is 79.7. The molecule has 2 nitrogen and oxygen atoms in total. The van der Waals surface area contributed by atoms with E-state index in [1.54, 1.807) is 0 Å². The Kier molecular flexibility index (Phi) is 7.68. The molecule has 0 saturated carbocycles. The van der Waals surface area contributed by atoms with Crippen molar-refractivity contribution in [2.24, 2.45) is 0 Å². The minimum Gasteiger partial charge on any atom is -0.673 e. The van der Waals surface area contributed by atoms with Crippen molar-refractivity contribution in [3.05, 3.63) is 13.2 Å². The van der Waals surface area contributed by atoms with Gasteiger partial charge in [-0.25, -0.2) is 0 Å². The molecule has 1 rings (SSSR count). The molecule has 1 saturated heterocycles. The topological polar surface area (TPSA) is 27.0 Å². The Hall–Kier alpha value is 1.02. The van der Waals surface area contributed by atoms with Crippen LogP contribution in [0.3, 0.4) is 0 Å². The average Bonchev–Trinajstić information content (AvgIpc) is 1.57. The van der Waals surface area contributed by atoms with Crippen molar-refractivity contribution in [2.45, 2.75) is 25.9 Å². The van der Waals surface area contributed by atoms with E-state index >= 15 is 0 Å². The zero-order chi connectivity index (χ0) is 6.15. The van der Waals surface area contributed by atoms with Crippen LogP contribution >= 0.6 is 0 Å². The molecule has 3 heteroatoms. The smallest absolute Gasteiger partial charge is 0.00374 e. The number of hydrogen-bond acceptors (Lipinski definition) is 1. The summed E-state index contributed by atoms with van der Waals surface area (Å²) in [6.07, 6.45) is 0. The molecule has 1 aliphatic rings. The predicted molar refractivity (Wildman–Crippen MR) is 41.2 cm³/mol. The van der Waals surface area contributed by atoms with Gasteiger partial charge in [-0.05, 0) is 26.9 Å². The van der Waals surface area contributed by atoms with E-state index in [0.29, 0.717) is 6.04 Å². The van der Waals surface area contributed by atoms with Gasteiger partial charge in [0.15, 0.2) is 0 Å². The van der Waals surface area contributed by atoms with Crippen molar-refractivity contribution in [3.63, 3.8) is 0 Å². The third-order valence-electron chi connectivity index (χ3n) is 1.64. The molecule has 1 N–H and O–H groups in total. The van der Waals surface area contributed by atoms with Crippen LogP contribution in [0.5, 0.6) is 0 Å². The van der Waals surface area contributed by atoms with Crippen LogP contribution in [0.25, 0.3) is 5.73 Å². The van der Waals surface area contributed by atoms with Crippen LogP contribution in [0.15, 0.2) is 0 Å². The van der Waals surface area contributed by atoms with E-state index in [1.165, 1.54) is 0 Å². The number of hydrogen-bond donors (Lipinski definition) is 0. The van der Waals surface area contributed by atoms with Crippen molar-refractivity contribution in [1.82, 2.24) is 4.90 Å². The van der Waals surface area contributed by atoms with Gasteiger partial charge in [0, 0.05) is 38.8 Å². The Morgan fingerprint density at radius 2 is 1.80 bits per heavy atom. The van der Waals surface area contributed by atoms with Gasteiger partial charge < -0.3 is 18.1 Å². The number of nitrogens with zero attached hydrogens (tertiary/aromatic N) is 1. The first kappa shape index (κ1) is 13.6. The summed E-state index contributed by atoms with van der Waals surface area (Å²) in [4.78, 5) is 2.30. The summed E-state index contributed by atoms with van der Waals surface area (Å²) in [6, 6.07) is 0.856. The normalized spacial score (nSPS) is 19.2. The summed E-state index contributed by atoms with van der Waals surface area (Å²) in [5, 5.41) is 0. The SMILES string of the molecule is CC(C)N1CC([NH-])C1.[CH3-].[Y]. The Morgan fingerprint density at radius 3 is 1.90 bits per heavy atom. The van der Waals surface area contributed by atoms with E-state index in [-0.39, 0.29) is 46.2 Å². The van der Waals surface area contributed by atoms with Gasteiger partial charge in [-0.3, -0.25) is 0 Å². The van der Waals surface area contributed by atoms with Crippen molar-refractivity contribution in [3.8, 4) is 0 Å². The number of likely N-dealkylation sites (tertiary alicyclic amines) is 1. The molecule has 1 fully saturated rings. The molecule has 1 radical (unpaired) electrons. The molecule has 1 heterocycles. The zero-order valence-electron chi connectivity index (χ0n) is 7.09. The molecule has 0 spiro atoms. The van der Waals surface area contributed by atoms with Gasteiger partial charge in [0.2, 0.25) is 0 Å². The quantitative estimate of drug-likeness (QED) is 0.612. The first-order chi connectivity index (χ1) is 3.70. The second kappa shape index (κ2) is 5.65. The third kappa shape index (κ3) is 3.43. The standard InChI is InChI=1S/C6H13N2.CH3.Y/c1-5(2)8-3-6(7)4-8;;/h5-7H,3-4H2,1-2H3;1H3;/q2*-1;. The monoisotopic (exact) mass is 217 g/mol. The zero-order valence-corrected chi connectivity index (χ0v) is 9.93. The van der Waals surface area contributed by atoms with Crippen LogP contribution in [0.4, 0.5) is 0 Å². The van der Waals surface area contributed by atoms with Crippen LogP contribution in [0.1, 0.15) is 13.8 Å². The molecule has 59 valence electrons. The third-order valence-corrected chi connectivity index (χ3v) is 1.64. The van der Waals surface area contributed by atoms with E-state index in [1.807, 2.05) is 0 Å². The summed E-state index contributed by atoms with van der Waals surface area (Å²) in [7, 11) is 0. The molecule has 0 aliphatic carbocycles. The molecule has 0 aromatic rings. The summed E-state index contributed by atoms with van der Waals surface area (Å²) in [5.74, 6) is 0. The maximum absolute atomic E-state index is 7.20. The first-order valence-electron chi connectivity index (χ1n) is 3.15. The van der Waals surface area contributed by atoms with Crippen molar-refractivity contribution in [2.75, 3.05) is 13.1 Å².